The van der Waals surface area contributed by atoms with E-state index in [1.165, 1.54) is 26.4 Å². The fraction of sp³-hybridized carbons (Fsp3) is 0.238. The molecule has 0 bridgehead atoms. The van der Waals surface area contributed by atoms with E-state index in [0.717, 1.165) is 4.90 Å². The summed E-state index contributed by atoms with van der Waals surface area (Å²) in [7, 11) is 2.92. The predicted molar refractivity (Wildman–Crippen MR) is 101 cm³/mol. The number of rotatable bonds is 7. The molecule has 150 valence electrons. The molecule has 8 heteroatoms. The molecule has 2 amide bonds. The lowest BCUT2D eigenvalue weighted by atomic mass is 9.98. The zero-order valence-electron chi connectivity index (χ0n) is 16.0. The van der Waals surface area contributed by atoms with Gasteiger partial charge < -0.3 is 14.2 Å². The molecule has 0 saturated carbocycles. The lowest BCUT2D eigenvalue weighted by molar-refractivity contribution is -0.146. The van der Waals surface area contributed by atoms with E-state index in [-0.39, 0.29) is 12.0 Å². The van der Waals surface area contributed by atoms with Gasteiger partial charge in [-0.2, -0.15) is 0 Å². The van der Waals surface area contributed by atoms with Gasteiger partial charge in [-0.25, -0.2) is 0 Å². The van der Waals surface area contributed by atoms with Crippen molar-refractivity contribution in [2.24, 2.45) is 0 Å². The van der Waals surface area contributed by atoms with Gasteiger partial charge in [-0.1, -0.05) is 18.2 Å². The van der Waals surface area contributed by atoms with Crippen molar-refractivity contribution in [2.75, 3.05) is 27.4 Å². The summed E-state index contributed by atoms with van der Waals surface area (Å²) in [6, 6.07) is 11.3. The number of imide groups is 1. The molecule has 2 aromatic rings. The molecular formula is C21H19NO7. The van der Waals surface area contributed by atoms with Gasteiger partial charge in [0.25, 0.3) is 5.91 Å². The maximum Gasteiger partial charge on any atom is 0.326 e. The summed E-state index contributed by atoms with van der Waals surface area (Å²) in [5.74, 6) is -1.52. The summed E-state index contributed by atoms with van der Waals surface area (Å²) >= 11 is 0. The molecule has 0 N–H and O–H groups in total. The first-order valence-electron chi connectivity index (χ1n) is 8.78. The number of methoxy groups -OCH3 is 2. The average molecular weight is 397 g/mol. The Bertz CT molecular complexity index is 983. The van der Waals surface area contributed by atoms with E-state index in [2.05, 4.69) is 0 Å². The Morgan fingerprint density at radius 3 is 2.45 bits per heavy atom. The van der Waals surface area contributed by atoms with Crippen LogP contribution in [0.2, 0.25) is 0 Å². The van der Waals surface area contributed by atoms with Crippen LogP contribution in [0, 0.1) is 0 Å². The maximum atomic E-state index is 12.5. The number of hydrogen-bond donors (Lipinski definition) is 0. The average Bonchev–Trinajstić information content (AvgIpc) is 2.74. The number of ketones is 1. The third-order valence-corrected chi connectivity index (χ3v) is 4.49. The topological polar surface area (TPSA) is 99.2 Å². The van der Waals surface area contributed by atoms with Gasteiger partial charge in [0.2, 0.25) is 5.91 Å². The van der Waals surface area contributed by atoms with Crippen molar-refractivity contribution < 1.29 is 33.4 Å². The molecule has 0 spiro atoms. The minimum Gasteiger partial charge on any atom is -0.493 e. The molecule has 0 aromatic heterocycles. The van der Waals surface area contributed by atoms with Gasteiger partial charge in [0, 0.05) is 11.1 Å². The molecule has 1 heterocycles. The van der Waals surface area contributed by atoms with Crippen LogP contribution >= 0.6 is 0 Å². The van der Waals surface area contributed by atoms with E-state index in [4.69, 9.17) is 14.2 Å². The number of benzene rings is 2. The Balaban J connectivity index is 1.61. The van der Waals surface area contributed by atoms with Crippen LogP contribution in [0.15, 0.2) is 42.5 Å². The highest BCUT2D eigenvalue weighted by Gasteiger charge is 2.32. The largest absolute Gasteiger partial charge is 0.493 e. The number of nitrogens with zero attached hydrogens (tertiary/aromatic N) is 1. The minimum absolute atomic E-state index is 0.0275. The van der Waals surface area contributed by atoms with E-state index in [1.807, 2.05) is 0 Å². The molecular weight excluding hydrogens is 378 g/mol. The highest BCUT2D eigenvalue weighted by atomic mass is 16.5. The summed E-state index contributed by atoms with van der Waals surface area (Å²) < 4.78 is 15.2. The van der Waals surface area contributed by atoms with Gasteiger partial charge in [0.1, 0.15) is 6.54 Å². The fourth-order valence-electron chi connectivity index (χ4n) is 2.97. The maximum absolute atomic E-state index is 12.5. The van der Waals surface area contributed by atoms with E-state index < -0.39 is 36.7 Å². The number of amides is 2. The standard InChI is InChI=1S/C21H19NO7/c1-27-17-8-7-14(9-18(17)28-2)16(23)12-29-20(25)11-22-19(24)10-13-5-3-4-6-15(13)21(22)26/h3-9H,10-12H2,1-2H3. The number of fused-ring (bicyclic) bond motifs is 1. The Morgan fingerprint density at radius 1 is 1.00 bits per heavy atom. The van der Waals surface area contributed by atoms with Crippen molar-refractivity contribution in [1.82, 2.24) is 4.90 Å². The Kier molecular flexibility index (Phi) is 5.92. The van der Waals surface area contributed by atoms with Crippen molar-refractivity contribution >= 4 is 23.6 Å². The normalized spacial score (nSPS) is 13.0. The van der Waals surface area contributed by atoms with E-state index >= 15 is 0 Å². The van der Waals surface area contributed by atoms with Crippen molar-refractivity contribution in [1.29, 1.82) is 0 Å². The first kappa shape index (κ1) is 20.1. The third kappa shape index (κ3) is 4.26. The second-order valence-corrected chi connectivity index (χ2v) is 6.27. The second-order valence-electron chi connectivity index (χ2n) is 6.27. The molecule has 0 unspecified atom stereocenters. The van der Waals surface area contributed by atoms with Crippen LogP contribution in [-0.2, 0) is 20.7 Å². The van der Waals surface area contributed by atoms with Crippen molar-refractivity contribution in [3.8, 4) is 11.5 Å². The summed E-state index contributed by atoms with van der Waals surface area (Å²) in [5, 5.41) is 0. The summed E-state index contributed by atoms with van der Waals surface area (Å²) in [6.07, 6.45) is 0.0275. The molecule has 8 nitrogen and oxygen atoms in total. The van der Waals surface area contributed by atoms with Crippen LogP contribution in [0.1, 0.15) is 26.3 Å². The molecule has 29 heavy (non-hydrogen) atoms. The second kappa shape index (κ2) is 8.55. The SMILES string of the molecule is COc1ccc(C(=O)COC(=O)CN2C(=O)Cc3ccccc3C2=O)cc1OC. The van der Waals surface area contributed by atoms with Crippen LogP contribution < -0.4 is 9.47 Å². The Hall–Kier alpha value is -3.68. The highest BCUT2D eigenvalue weighted by Crippen LogP contribution is 2.27. The Morgan fingerprint density at radius 2 is 1.72 bits per heavy atom. The lowest BCUT2D eigenvalue weighted by Gasteiger charge is -2.25. The molecule has 1 aliphatic rings. The molecule has 1 aliphatic heterocycles. The number of esters is 1. The van der Waals surface area contributed by atoms with Crippen molar-refractivity contribution in [2.45, 2.75) is 6.42 Å². The number of ether oxygens (including phenoxy) is 3. The van der Waals surface area contributed by atoms with Crippen molar-refractivity contribution in [3.63, 3.8) is 0 Å². The number of Topliss-reactive ketones (excluding diaryl/α,β-unsaturated/α-hetero) is 1. The first-order valence-corrected chi connectivity index (χ1v) is 8.78. The summed E-state index contributed by atoms with van der Waals surface area (Å²) in [5.41, 5.74) is 1.27. The van der Waals surface area contributed by atoms with E-state index in [1.54, 1.807) is 30.3 Å². The smallest absolute Gasteiger partial charge is 0.326 e. The molecule has 2 aromatic carbocycles. The van der Waals surface area contributed by atoms with Crippen molar-refractivity contribution in [3.05, 3.63) is 59.2 Å². The van der Waals surface area contributed by atoms with E-state index in [9.17, 15) is 19.2 Å². The predicted octanol–water partition coefficient (Wildman–Crippen LogP) is 1.65. The minimum atomic E-state index is -0.847. The van der Waals surface area contributed by atoms with Crippen LogP contribution in [0.25, 0.3) is 0 Å². The summed E-state index contributed by atoms with van der Waals surface area (Å²) in [6.45, 7) is -1.08. The molecule has 0 radical (unpaired) electrons. The van der Waals surface area contributed by atoms with Gasteiger partial charge in [-0.05, 0) is 29.8 Å². The van der Waals surface area contributed by atoms with Crippen LogP contribution in [0.4, 0.5) is 0 Å². The number of hydrogen-bond acceptors (Lipinski definition) is 7. The fourth-order valence-corrected chi connectivity index (χ4v) is 2.97. The zero-order chi connectivity index (χ0) is 21.0. The van der Waals surface area contributed by atoms with Gasteiger partial charge in [-0.15, -0.1) is 0 Å². The zero-order valence-corrected chi connectivity index (χ0v) is 16.0. The molecule has 0 aliphatic carbocycles. The van der Waals surface area contributed by atoms with Gasteiger partial charge >= 0.3 is 5.97 Å². The highest BCUT2D eigenvalue weighted by molar-refractivity contribution is 6.11. The van der Waals surface area contributed by atoms with Crippen LogP contribution in [0.3, 0.4) is 0 Å². The monoisotopic (exact) mass is 397 g/mol. The number of carbonyl (C=O) groups is 4. The lowest BCUT2D eigenvalue weighted by Crippen LogP contribution is -2.45. The van der Waals surface area contributed by atoms with Gasteiger partial charge in [0.15, 0.2) is 23.9 Å². The van der Waals surface area contributed by atoms with Gasteiger partial charge in [-0.3, -0.25) is 24.1 Å². The van der Waals surface area contributed by atoms with E-state index in [0.29, 0.717) is 22.6 Å². The molecule has 3 rings (SSSR count). The third-order valence-electron chi connectivity index (χ3n) is 4.49. The molecule has 0 saturated heterocycles. The molecule has 0 fully saturated rings. The van der Waals surface area contributed by atoms with Gasteiger partial charge in [0.05, 0.1) is 20.6 Å². The van der Waals surface area contributed by atoms with Crippen LogP contribution in [-0.4, -0.2) is 55.8 Å². The van der Waals surface area contributed by atoms with Crippen LogP contribution in [0.5, 0.6) is 11.5 Å². The first-order chi connectivity index (χ1) is 13.9. The Labute approximate surface area is 167 Å². The molecule has 0 atom stereocenters. The quantitative estimate of drug-likeness (QED) is 0.398. The summed E-state index contributed by atoms with van der Waals surface area (Å²) in [4.78, 5) is 49.9. The number of carbonyl (C=O) groups excluding carboxylic acids is 4.